The molecular weight excluding hydrogens is 319 g/mol. The number of nitrogens with zero attached hydrogens (tertiary/aromatic N) is 1. The molecule has 0 bridgehead atoms. The second-order valence-electron chi connectivity index (χ2n) is 3.69. The number of thiophene rings is 1. The number of carbonyl (C=O) groups is 1. The lowest BCUT2D eigenvalue weighted by atomic mass is 10.3. The zero-order valence-corrected chi connectivity index (χ0v) is 12.4. The molecule has 1 amide bonds. The Kier molecular flexibility index (Phi) is 5.01. The molecule has 0 aliphatic rings. The van der Waals surface area contributed by atoms with Crippen LogP contribution in [0.15, 0.2) is 34.5 Å². The number of thioether (sulfide) groups is 1. The van der Waals surface area contributed by atoms with Crippen molar-refractivity contribution < 1.29 is 9.18 Å². The van der Waals surface area contributed by atoms with Crippen molar-refractivity contribution in [1.82, 2.24) is 0 Å². The molecule has 0 spiro atoms. The van der Waals surface area contributed by atoms with Gasteiger partial charge in [-0.05, 0) is 29.6 Å². The minimum atomic E-state index is -0.488. The molecule has 0 fully saturated rings. The first-order valence-corrected chi connectivity index (χ1v) is 7.70. The third-order valence-electron chi connectivity index (χ3n) is 2.30. The lowest BCUT2D eigenvalue weighted by molar-refractivity contribution is -0.113. The summed E-state index contributed by atoms with van der Waals surface area (Å²) in [6, 6.07) is 7.94. The van der Waals surface area contributed by atoms with Crippen LogP contribution in [-0.2, 0) is 4.79 Å². The summed E-state index contributed by atoms with van der Waals surface area (Å²) in [6.07, 6.45) is 0. The molecule has 1 heterocycles. The van der Waals surface area contributed by atoms with E-state index in [-0.39, 0.29) is 16.7 Å². The highest BCUT2D eigenvalue weighted by molar-refractivity contribution is 8.00. The first-order chi connectivity index (χ1) is 9.60. The Labute approximate surface area is 128 Å². The predicted molar refractivity (Wildman–Crippen MR) is 79.8 cm³/mol. The van der Waals surface area contributed by atoms with Gasteiger partial charge in [-0.3, -0.25) is 4.79 Å². The van der Waals surface area contributed by atoms with E-state index in [2.05, 4.69) is 5.32 Å². The summed E-state index contributed by atoms with van der Waals surface area (Å²) in [5.74, 6) is -0.558. The van der Waals surface area contributed by atoms with Gasteiger partial charge in [-0.1, -0.05) is 11.6 Å². The van der Waals surface area contributed by atoms with Crippen molar-refractivity contribution in [1.29, 1.82) is 5.26 Å². The second-order valence-corrected chi connectivity index (χ2v) is 6.06. The minimum absolute atomic E-state index is 0.0282. The summed E-state index contributed by atoms with van der Waals surface area (Å²) >= 11 is 8.20. The Morgan fingerprint density at radius 3 is 3.00 bits per heavy atom. The topological polar surface area (TPSA) is 52.9 Å². The molecule has 102 valence electrons. The van der Waals surface area contributed by atoms with Crippen molar-refractivity contribution in [2.45, 2.75) is 4.90 Å². The number of rotatable bonds is 4. The van der Waals surface area contributed by atoms with Gasteiger partial charge in [0.15, 0.2) is 0 Å². The van der Waals surface area contributed by atoms with Crippen LogP contribution in [0.3, 0.4) is 0 Å². The van der Waals surface area contributed by atoms with E-state index in [1.165, 1.54) is 35.2 Å². The third kappa shape index (κ3) is 3.73. The molecule has 3 nitrogen and oxygen atoms in total. The number of benzene rings is 1. The van der Waals surface area contributed by atoms with E-state index in [9.17, 15) is 9.18 Å². The Hall–Kier alpha value is -1.55. The van der Waals surface area contributed by atoms with Gasteiger partial charge in [-0.25, -0.2) is 4.39 Å². The van der Waals surface area contributed by atoms with Crippen LogP contribution in [0.1, 0.15) is 5.56 Å². The van der Waals surface area contributed by atoms with Gasteiger partial charge in [-0.15, -0.1) is 23.1 Å². The fraction of sp³-hybridized carbons (Fsp3) is 0.0769. The highest BCUT2D eigenvalue weighted by Crippen LogP contribution is 2.25. The Morgan fingerprint density at radius 2 is 2.30 bits per heavy atom. The number of hydrogen-bond acceptors (Lipinski definition) is 4. The molecule has 0 aliphatic heterocycles. The summed E-state index contributed by atoms with van der Waals surface area (Å²) in [7, 11) is 0. The smallest absolute Gasteiger partial charge is 0.235 e. The largest absolute Gasteiger partial charge is 0.316 e. The van der Waals surface area contributed by atoms with E-state index < -0.39 is 5.82 Å². The number of nitrogens with one attached hydrogen (secondary N) is 1. The summed E-state index contributed by atoms with van der Waals surface area (Å²) in [5, 5.41) is 13.8. The minimum Gasteiger partial charge on any atom is -0.316 e. The van der Waals surface area contributed by atoms with Gasteiger partial charge >= 0.3 is 0 Å². The van der Waals surface area contributed by atoms with Crippen LogP contribution in [0, 0.1) is 17.1 Å². The molecule has 0 aliphatic carbocycles. The molecule has 2 rings (SSSR count). The summed E-state index contributed by atoms with van der Waals surface area (Å²) in [6.45, 7) is 0. The van der Waals surface area contributed by atoms with Crippen molar-refractivity contribution in [3.8, 4) is 6.07 Å². The summed E-state index contributed by atoms with van der Waals surface area (Å²) in [5.41, 5.74) is 0.443. The number of halogens is 2. The monoisotopic (exact) mass is 326 g/mol. The van der Waals surface area contributed by atoms with Gasteiger partial charge in [0, 0.05) is 4.90 Å². The lowest BCUT2D eigenvalue weighted by Crippen LogP contribution is -2.13. The van der Waals surface area contributed by atoms with Crippen LogP contribution in [-0.4, -0.2) is 11.7 Å². The zero-order valence-electron chi connectivity index (χ0n) is 10.0. The van der Waals surface area contributed by atoms with Gasteiger partial charge in [0.2, 0.25) is 5.91 Å². The first kappa shape index (κ1) is 14.9. The first-order valence-electron chi connectivity index (χ1n) is 5.45. The quantitative estimate of drug-likeness (QED) is 0.859. The molecule has 2 aromatic rings. The SMILES string of the molecule is N#Cc1ccsc1NC(=O)CSc1ccc(F)c(Cl)c1. The number of hydrogen-bond donors (Lipinski definition) is 1. The van der Waals surface area contributed by atoms with Crippen LogP contribution in [0.2, 0.25) is 5.02 Å². The van der Waals surface area contributed by atoms with Crippen molar-refractivity contribution in [2.24, 2.45) is 0 Å². The zero-order chi connectivity index (χ0) is 14.5. The fourth-order valence-electron chi connectivity index (χ4n) is 1.37. The van der Waals surface area contributed by atoms with E-state index in [1.54, 1.807) is 17.5 Å². The Balaban J connectivity index is 1.92. The van der Waals surface area contributed by atoms with Gasteiger partial charge in [0.25, 0.3) is 0 Å². The van der Waals surface area contributed by atoms with Gasteiger partial charge < -0.3 is 5.32 Å². The highest BCUT2D eigenvalue weighted by Gasteiger charge is 2.09. The highest BCUT2D eigenvalue weighted by atomic mass is 35.5. The van der Waals surface area contributed by atoms with Crippen molar-refractivity contribution >= 4 is 45.6 Å². The molecular formula is C13H8ClFN2OS2. The van der Waals surface area contributed by atoms with E-state index >= 15 is 0 Å². The van der Waals surface area contributed by atoms with E-state index in [0.717, 1.165) is 0 Å². The van der Waals surface area contributed by atoms with Gasteiger partial charge in [0.1, 0.15) is 16.9 Å². The van der Waals surface area contributed by atoms with E-state index in [1.807, 2.05) is 6.07 Å². The van der Waals surface area contributed by atoms with Crippen LogP contribution < -0.4 is 5.32 Å². The van der Waals surface area contributed by atoms with E-state index in [4.69, 9.17) is 16.9 Å². The normalized spacial score (nSPS) is 10.1. The maximum atomic E-state index is 13.0. The molecule has 20 heavy (non-hydrogen) atoms. The molecule has 0 unspecified atom stereocenters. The van der Waals surface area contributed by atoms with Crippen LogP contribution in [0.5, 0.6) is 0 Å². The molecule has 0 radical (unpaired) electrons. The lowest BCUT2D eigenvalue weighted by Gasteiger charge is -2.04. The molecule has 1 aromatic heterocycles. The number of amides is 1. The molecule has 1 N–H and O–H groups in total. The average molecular weight is 327 g/mol. The Morgan fingerprint density at radius 1 is 1.50 bits per heavy atom. The van der Waals surface area contributed by atoms with Crippen LogP contribution >= 0.6 is 34.7 Å². The third-order valence-corrected chi connectivity index (χ3v) is 4.41. The number of nitriles is 1. The molecule has 7 heteroatoms. The maximum Gasteiger partial charge on any atom is 0.235 e. The predicted octanol–water partition coefficient (Wildman–Crippen LogP) is 4.14. The van der Waals surface area contributed by atoms with Crippen molar-refractivity contribution in [3.05, 3.63) is 46.0 Å². The average Bonchev–Trinajstić information content (AvgIpc) is 2.87. The summed E-state index contributed by atoms with van der Waals surface area (Å²) in [4.78, 5) is 12.5. The molecule has 0 atom stereocenters. The molecule has 1 aromatic carbocycles. The number of anilines is 1. The Bertz CT molecular complexity index is 681. The standard InChI is InChI=1S/C13H8ClFN2OS2/c14-10-5-9(1-2-11(10)15)20-7-12(18)17-13-8(6-16)3-4-19-13/h1-5H,7H2,(H,17,18). The maximum absolute atomic E-state index is 13.0. The fourth-order valence-corrected chi connectivity index (χ4v) is 3.11. The van der Waals surface area contributed by atoms with Crippen molar-refractivity contribution in [2.75, 3.05) is 11.1 Å². The van der Waals surface area contributed by atoms with Crippen LogP contribution in [0.25, 0.3) is 0 Å². The molecule has 0 saturated carbocycles. The van der Waals surface area contributed by atoms with Gasteiger partial charge in [-0.2, -0.15) is 5.26 Å². The van der Waals surface area contributed by atoms with E-state index in [0.29, 0.717) is 15.5 Å². The summed E-state index contributed by atoms with van der Waals surface area (Å²) < 4.78 is 13.0. The van der Waals surface area contributed by atoms with Gasteiger partial charge in [0.05, 0.1) is 16.3 Å². The number of carbonyl (C=O) groups excluding carboxylic acids is 1. The second kappa shape index (κ2) is 6.75. The van der Waals surface area contributed by atoms with Crippen LogP contribution in [0.4, 0.5) is 9.39 Å². The molecule has 0 saturated heterocycles. The van der Waals surface area contributed by atoms with Crippen molar-refractivity contribution in [3.63, 3.8) is 0 Å².